The number of hydrogen-bond acceptors (Lipinski definition) is 1. The van der Waals surface area contributed by atoms with E-state index in [0.717, 1.165) is 18.4 Å². The quantitative estimate of drug-likeness (QED) is 0.386. The summed E-state index contributed by atoms with van der Waals surface area (Å²) in [7, 11) is 0. The molecule has 0 bridgehead atoms. The fraction of sp³-hybridized carbons (Fsp3) is 0.786. The van der Waals surface area contributed by atoms with E-state index in [-0.39, 0.29) is 0 Å². The van der Waals surface area contributed by atoms with E-state index in [1.54, 1.807) is 0 Å². The standard InChI is InChI=1S/C14H25N/c1-3-5-7-8-10-12-14(13-15)11-9-6-4-2/h12H,3-11H2,1-2H3/b14-12-. The fourth-order valence-electron chi connectivity index (χ4n) is 1.62. The molecule has 0 radical (unpaired) electrons. The Morgan fingerprint density at radius 2 is 1.67 bits per heavy atom. The first-order valence-electron chi connectivity index (χ1n) is 6.44. The molecule has 1 nitrogen and oxygen atoms in total. The molecule has 0 aliphatic heterocycles. The molecule has 0 N–H and O–H groups in total. The van der Waals surface area contributed by atoms with Gasteiger partial charge in [-0.2, -0.15) is 5.26 Å². The first-order chi connectivity index (χ1) is 7.35. The molecular formula is C14H25N. The van der Waals surface area contributed by atoms with E-state index in [0.29, 0.717) is 0 Å². The molecule has 0 rings (SSSR count). The molecule has 0 aliphatic rings. The predicted molar refractivity (Wildman–Crippen MR) is 66.6 cm³/mol. The second-order valence-corrected chi connectivity index (χ2v) is 4.15. The molecule has 0 aromatic rings. The van der Waals surface area contributed by atoms with E-state index in [2.05, 4.69) is 26.0 Å². The molecule has 0 aromatic carbocycles. The molecule has 0 saturated carbocycles. The number of nitrogens with zero attached hydrogens (tertiary/aromatic N) is 1. The second-order valence-electron chi connectivity index (χ2n) is 4.15. The molecule has 0 unspecified atom stereocenters. The number of unbranched alkanes of at least 4 members (excludes halogenated alkanes) is 6. The van der Waals surface area contributed by atoms with Gasteiger partial charge in [0.05, 0.1) is 6.07 Å². The fourth-order valence-corrected chi connectivity index (χ4v) is 1.62. The average Bonchev–Trinajstić information content (AvgIpc) is 2.26. The number of rotatable bonds is 9. The van der Waals surface area contributed by atoms with Crippen molar-refractivity contribution in [2.24, 2.45) is 0 Å². The van der Waals surface area contributed by atoms with Gasteiger partial charge in [0.2, 0.25) is 0 Å². The van der Waals surface area contributed by atoms with Crippen LogP contribution in [0.2, 0.25) is 0 Å². The van der Waals surface area contributed by atoms with Gasteiger partial charge in [0.15, 0.2) is 0 Å². The van der Waals surface area contributed by atoms with E-state index in [4.69, 9.17) is 5.26 Å². The zero-order chi connectivity index (χ0) is 11.4. The third kappa shape index (κ3) is 9.53. The zero-order valence-corrected chi connectivity index (χ0v) is 10.4. The topological polar surface area (TPSA) is 23.8 Å². The summed E-state index contributed by atoms with van der Waals surface area (Å²) >= 11 is 0. The minimum Gasteiger partial charge on any atom is -0.193 e. The molecule has 0 spiro atoms. The van der Waals surface area contributed by atoms with Gasteiger partial charge < -0.3 is 0 Å². The third-order valence-electron chi connectivity index (χ3n) is 2.64. The summed E-state index contributed by atoms with van der Waals surface area (Å²) in [6, 6.07) is 2.31. The summed E-state index contributed by atoms with van der Waals surface area (Å²) in [5.41, 5.74) is 1.000. The Bertz CT molecular complexity index is 198. The number of allylic oxidation sites excluding steroid dienone is 2. The smallest absolute Gasteiger partial charge is 0.0943 e. The molecule has 0 heterocycles. The lowest BCUT2D eigenvalue weighted by molar-refractivity contribution is 0.670. The summed E-state index contributed by atoms with van der Waals surface area (Å²) in [5.74, 6) is 0. The van der Waals surface area contributed by atoms with Crippen molar-refractivity contribution in [1.82, 2.24) is 0 Å². The largest absolute Gasteiger partial charge is 0.193 e. The van der Waals surface area contributed by atoms with Crippen molar-refractivity contribution in [3.8, 4) is 6.07 Å². The Hall–Kier alpha value is -0.770. The van der Waals surface area contributed by atoms with Crippen LogP contribution in [0.4, 0.5) is 0 Å². The molecule has 0 fully saturated rings. The average molecular weight is 207 g/mol. The van der Waals surface area contributed by atoms with Gasteiger partial charge in [-0.25, -0.2) is 0 Å². The lowest BCUT2D eigenvalue weighted by atomic mass is 10.1. The minimum absolute atomic E-state index is 0.984. The number of nitriles is 1. The van der Waals surface area contributed by atoms with Gasteiger partial charge in [0.25, 0.3) is 0 Å². The SMILES string of the molecule is CCCCCC/C=C(\C#N)CCCCC. The van der Waals surface area contributed by atoms with Crippen LogP contribution in [0.15, 0.2) is 11.6 Å². The Morgan fingerprint density at radius 1 is 1.00 bits per heavy atom. The molecule has 0 saturated heterocycles. The lowest BCUT2D eigenvalue weighted by Gasteiger charge is -1.98. The summed E-state index contributed by atoms with van der Waals surface area (Å²) < 4.78 is 0. The van der Waals surface area contributed by atoms with Crippen molar-refractivity contribution in [2.45, 2.75) is 71.6 Å². The van der Waals surface area contributed by atoms with E-state index in [1.165, 1.54) is 44.9 Å². The van der Waals surface area contributed by atoms with Crippen LogP contribution in [0.25, 0.3) is 0 Å². The highest BCUT2D eigenvalue weighted by Crippen LogP contribution is 2.11. The van der Waals surface area contributed by atoms with Gasteiger partial charge in [-0.05, 0) is 25.7 Å². The molecule has 15 heavy (non-hydrogen) atoms. The van der Waals surface area contributed by atoms with E-state index in [9.17, 15) is 0 Å². The van der Waals surface area contributed by atoms with Crippen molar-refractivity contribution in [3.05, 3.63) is 11.6 Å². The van der Waals surface area contributed by atoms with E-state index >= 15 is 0 Å². The molecule has 0 aromatic heterocycles. The van der Waals surface area contributed by atoms with Crippen LogP contribution in [0.3, 0.4) is 0 Å². The van der Waals surface area contributed by atoms with Crippen molar-refractivity contribution in [3.63, 3.8) is 0 Å². The Balaban J connectivity index is 3.56. The Kier molecular flexibility index (Phi) is 10.7. The van der Waals surface area contributed by atoms with Gasteiger partial charge in [-0.3, -0.25) is 0 Å². The molecule has 0 aliphatic carbocycles. The van der Waals surface area contributed by atoms with Crippen molar-refractivity contribution in [1.29, 1.82) is 5.26 Å². The minimum atomic E-state index is 0.984. The van der Waals surface area contributed by atoms with Crippen LogP contribution in [-0.4, -0.2) is 0 Å². The summed E-state index contributed by atoms with van der Waals surface area (Å²) in [6.07, 6.45) is 13.0. The van der Waals surface area contributed by atoms with Crippen LogP contribution in [-0.2, 0) is 0 Å². The van der Waals surface area contributed by atoms with Gasteiger partial charge in [-0.15, -0.1) is 0 Å². The molecule has 0 atom stereocenters. The van der Waals surface area contributed by atoms with Gasteiger partial charge in [0, 0.05) is 5.57 Å². The third-order valence-corrected chi connectivity index (χ3v) is 2.64. The Labute approximate surface area is 95.2 Å². The highest BCUT2D eigenvalue weighted by Gasteiger charge is 1.95. The van der Waals surface area contributed by atoms with Crippen LogP contribution in [0, 0.1) is 11.3 Å². The van der Waals surface area contributed by atoms with Crippen LogP contribution < -0.4 is 0 Å². The maximum absolute atomic E-state index is 8.91. The van der Waals surface area contributed by atoms with Crippen LogP contribution >= 0.6 is 0 Å². The maximum Gasteiger partial charge on any atom is 0.0943 e. The summed E-state index contributed by atoms with van der Waals surface area (Å²) in [4.78, 5) is 0. The van der Waals surface area contributed by atoms with Gasteiger partial charge in [-0.1, -0.05) is 52.0 Å². The van der Waals surface area contributed by atoms with E-state index in [1.807, 2.05) is 0 Å². The lowest BCUT2D eigenvalue weighted by Crippen LogP contribution is -1.82. The second kappa shape index (κ2) is 11.3. The summed E-state index contributed by atoms with van der Waals surface area (Å²) in [5, 5.41) is 8.91. The van der Waals surface area contributed by atoms with Crippen LogP contribution in [0.5, 0.6) is 0 Å². The normalized spacial score (nSPS) is 11.4. The highest BCUT2D eigenvalue weighted by atomic mass is 14.2. The van der Waals surface area contributed by atoms with Crippen molar-refractivity contribution < 1.29 is 0 Å². The number of hydrogen-bond donors (Lipinski definition) is 0. The molecule has 1 heteroatoms. The maximum atomic E-state index is 8.91. The van der Waals surface area contributed by atoms with Crippen molar-refractivity contribution >= 4 is 0 Å². The van der Waals surface area contributed by atoms with Crippen LogP contribution in [0.1, 0.15) is 71.6 Å². The van der Waals surface area contributed by atoms with E-state index < -0.39 is 0 Å². The molecule has 86 valence electrons. The van der Waals surface area contributed by atoms with Crippen molar-refractivity contribution in [2.75, 3.05) is 0 Å². The first kappa shape index (κ1) is 14.2. The first-order valence-corrected chi connectivity index (χ1v) is 6.44. The molecule has 0 amide bonds. The highest BCUT2D eigenvalue weighted by molar-refractivity contribution is 5.20. The summed E-state index contributed by atoms with van der Waals surface area (Å²) in [6.45, 7) is 4.42. The monoisotopic (exact) mass is 207 g/mol. The van der Waals surface area contributed by atoms with Gasteiger partial charge in [0.1, 0.15) is 0 Å². The zero-order valence-electron chi connectivity index (χ0n) is 10.4. The molecular weight excluding hydrogens is 182 g/mol. The Morgan fingerprint density at radius 3 is 2.27 bits per heavy atom. The van der Waals surface area contributed by atoms with Gasteiger partial charge >= 0.3 is 0 Å². The predicted octanol–water partition coefficient (Wildman–Crippen LogP) is 4.99.